The van der Waals surface area contributed by atoms with Crippen LogP contribution in [0.3, 0.4) is 0 Å². The second kappa shape index (κ2) is 22.8. The molecule has 0 N–H and O–H groups in total. The van der Waals surface area contributed by atoms with Gasteiger partial charge in [0, 0.05) is 6.61 Å². The Labute approximate surface area is 315 Å². The van der Waals surface area contributed by atoms with Crippen LogP contribution in [0.25, 0.3) is 0 Å². The predicted octanol–water partition coefficient (Wildman–Crippen LogP) is 16.2. The van der Waals surface area contributed by atoms with E-state index in [1.54, 1.807) is 5.57 Å². The third-order valence-corrected chi connectivity index (χ3v) is 15.6. The molecule has 0 radical (unpaired) electrons. The third-order valence-electron chi connectivity index (χ3n) is 15.6. The van der Waals surface area contributed by atoms with Gasteiger partial charge in [-0.25, -0.2) is 0 Å². The van der Waals surface area contributed by atoms with Gasteiger partial charge >= 0.3 is 0 Å². The van der Waals surface area contributed by atoms with Crippen molar-refractivity contribution in [3.63, 3.8) is 0 Å². The van der Waals surface area contributed by atoms with Crippen molar-refractivity contribution in [2.24, 2.45) is 46.3 Å². The minimum Gasteiger partial charge on any atom is -0.378 e. The summed E-state index contributed by atoms with van der Waals surface area (Å²) in [5.41, 5.74) is 2.86. The Bertz CT molecular complexity index is 918. The number of fused-ring (bicyclic) bond motifs is 5. The lowest BCUT2D eigenvalue weighted by Crippen LogP contribution is -2.51. The summed E-state index contributed by atoms with van der Waals surface area (Å²) in [6, 6.07) is 0. The quantitative estimate of drug-likeness (QED) is 0.0614. The Morgan fingerprint density at radius 3 is 1.74 bits per heavy atom. The topological polar surface area (TPSA) is 9.23 Å². The first-order valence-electron chi connectivity index (χ1n) is 23.6. The largest absolute Gasteiger partial charge is 0.378 e. The molecule has 0 aliphatic heterocycles. The van der Waals surface area contributed by atoms with Gasteiger partial charge in [-0.2, -0.15) is 0 Å². The van der Waals surface area contributed by atoms with Crippen molar-refractivity contribution in [1.82, 2.24) is 0 Å². The lowest BCUT2D eigenvalue weighted by Gasteiger charge is -2.58. The summed E-state index contributed by atoms with van der Waals surface area (Å²) in [5.74, 6) is 5.59. The van der Waals surface area contributed by atoms with E-state index >= 15 is 0 Å². The van der Waals surface area contributed by atoms with Crippen molar-refractivity contribution < 1.29 is 4.74 Å². The third kappa shape index (κ3) is 12.6. The second-order valence-electron chi connectivity index (χ2n) is 19.7. The number of rotatable bonds is 27. The zero-order valence-electron chi connectivity index (χ0n) is 35.2. The first-order chi connectivity index (χ1) is 24.3. The van der Waals surface area contributed by atoms with E-state index in [0.29, 0.717) is 16.9 Å². The molecule has 8 atom stereocenters. The van der Waals surface area contributed by atoms with Crippen molar-refractivity contribution in [3.8, 4) is 0 Å². The molecule has 0 saturated heterocycles. The van der Waals surface area contributed by atoms with Gasteiger partial charge in [0.15, 0.2) is 0 Å². The average molecular weight is 695 g/mol. The fraction of sp³-hybridized carbons (Fsp3) is 0.959. The molecule has 0 aromatic rings. The first kappa shape index (κ1) is 42.4. The maximum Gasteiger partial charge on any atom is 0.0612 e. The van der Waals surface area contributed by atoms with Gasteiger partial charge in [0.1, 0.15) is 0 Å². The first-order valence-corrected chi connectivity index (χ1v) is 23.6. The van der Waals surface area contributed by atoms with Gasteiger partial charge in [-0.1, -0.05) is 194 Å². The Hall–Kier alpha value is -0.300. The van der Waals surface area contributed by atoms with Gasteiger partial charge in [0.25, 0.3) is 0 Å². The Morgan fingerprint density at radius 2 is 1.18 bits per heavy atom. The van der Waals surface area contributed by atoms with Gasteiger partial charge in [-0.15, -0.1) is 0 Å². The fourth-order valence-corrected chi connectivity index (χ4v) is 12.4. The van der Waals surface area contributed by atoms with E-state index in [9.17, 15) is 0 Å². The molecule has 0 heterocycles. The number of hydrogen-bond acceptors (Lipinski definition) is 1. The number of allylic oxidation sites excluding steroid dienone is 1. The van der Waals surface area contributed by atoms with Crippen LogP contribution in [-0.2, 0) is 4.74 Å². The highest BCUT2D eigenvalue weighted by Gasteiger charge is 2.59. The minimum atomic E-state index is 0.456. The van der Waals surface area contributed by atoms with Gasteiger partial charge < -0.3 is 4.74 Å². The van der Waals surface area contributed by atoms with Crippen molar-refractivity contribution in [1.29, 1.82) is 0 Å². The molecule has 4 rings (SSSR count). The van der Waals surface area contributed by atoms with Crippen molar-refractivity contribution in [3.05, 3.63) is 11.6 Å². The molecule has 0 aromatic heterocycles. The van der Waals surface area contributed by atoms with Crippen molar-refractivity contribution in [2.45, 2.75) is 247 Å². The maximum absolute atomic E-state index is 6.58. The van der Waals surface area contributed by atoms with E-state index in [1.807, 2.05) is 0 Å². The molecule has 50 heavy (non-hydrogen) atoms. The number of ether oxygens (including phenoxy) is 1. The van der Waals surface area contributed by atoms with E-state index in [0.717, 1.165) is 42.1 Å². The van der Waals surface area contributed by atoms with Crippen LogP contribution in [0.15, 0.2) is 11.6 Å². The summed E-state index contributed by atoms with van der Waals surface area (Å²) in [6.07, 6.45) is 47.8. The molecule has 1 heteroatoms. The summed E-state index contributed by atoms with van der Waals surface area (Å²) in [4.78, 5) is 0. The summed E-state index contributed by atoms with van der Waals surface area (Å²) in [5, 5.41) is 0. The monoisotopic (exact) mass is 695 g/mol. The number of hydrogen-bond donors (Lipinski definition) is 0. The molecule has 0 spiro atoms. The normalized spacial score (nSPS) is 31.3. The summed E-state index contributed by atoms with van der Waals surface area (Å²) in [6.45, 7) is 16.2. The highest BCUT2D eigenvalue weighted by Crippen LogP contribution is 2.67. The smallest absolute Gasteiger partial charge is 0.0612 e. The van der Waals surface area contributed by atoms with Crippen LogP contribution in [0.1, 0.15) is 241 Å². The fourth-order valence-electron chi connectivity index (χ4n) is 12.4. The van der Waals surface area contributed by atoms with Crippen LogP contribution in [0.5, 0.6) is 0 Å². The standard InChI is InChI=1S/C49H90O/c1-7-8-9-10-11-12-13-14-15-16-17-18-19-20-21-22-23-24-25-26-38-50-43-34-36-48(5)42(39-43)30-31-44-46-33-32-45(41(4)29-27-28-40(2)3)49(46,6)37-35-47(44)48/h30,40-41,43-47H,7-29,31-39H2,1-6H3/t41-,43+,44+,45-,46+,47+,48+,49-/m1/s1. The molecule has 4 aliphatic carbocycles. The molecule has 3 fully saturated rings. The predicted molar refractivity (Wildman–Crippen MR) is 221 cm³/mol. The van der Waals surface area contributed by atoms with Gasteiger partial charge in [-0.3, -0.25) is 0 Å². The van der Waals surface area contributed by atoms with Crippen LogP contribution in [0.4, 0.5) is 0 Å². The average Bonchev–Trinajstić information content (AvgIpc) is 3.46. The molecule has 292 valence electrons. The SMILES string of the molecule is CCCCCCCCCCCCCCCCCCCCCCO[C@H]1CC[C@@]2(C)C(=CC[C@H]3[C@@H]4CC[C@H]([C@H](C)CCCC(C)C)[C@@]4(C)CC[C@@H]32)C1. The van der Waals surface area contributed by atoms with E-state index < -0.39 is 0 Å². The zero-order chi connectivity index (χ0) is 35.7. The van der Waals surface area contributed by atoms with Crippen LogP contribution in [0, 0.1) is 46.3 Å². The van der Waals surface area contributed by atoms with E-state index in [1.165, 1.54) is 199 Å². The molecule has 0 unspecified atom stereocenters. The van der Waals surface area contributed by atoms with Crippen molar-refractivity contribution in [2.75, 3.05) is 6.61 Å². The molecular formula is C49H90O. The van der Waals surface area contributed by atoms with E-state index in [2.05, 4.69) is 47.6 Å². The summed E-state index contributed by atoms with van der Waals surface area (Å²) >= 11 is 0. The van der Waals surface area contributed by atoms with Crippen molar-refractivity contribution >= 4 is 0 Å². The molecule has 4 aliphatic rings. The lowest BCUT2D eigenvalue weighted by atomic mass is 9.47. The van der Waals surface area contributed by atoms with Gasteiger partial charge in [0.05, 0.1) is 6.10 Å². The molecular weight excluding hydrogens is 605 g/mol. The Kier molecular flexibility index (Phi) is 19.4. The lowest BCUT2D eigenvalue weighted by molar-refractivity contribution is -0.0641. The maximum atomic E-state index is 6.58. The minimum absolute atomic E-state index is 0.456. The molecule has 0 amide bonds. The van der Waals surface area contributed by atoms with Crippen LogP contribution < -0.4 is 0 Å². The Morgan fingerprint density at radius 1 is 0.620 bits per heavy atom. The van der Waals surface area contributed by atoms with Gasteiger partial charge in [0.2, 0.25) is 0 Å². The molecule has 0 bridgehead atoms. The molecule has 0 aromatic carbocycles. The highest BCUT2D eigenvalue weighted by atomic mass is 16.5. The summed E-state index contributed by atoms with van der Waals surface area (Å²) < 4.78 is 6.58. The Balaban J connectivity index is 1.01. The van der Waals surface area contributed by atoms with Crippen LogP contribution in [0.2, 0.25) is 0 Å². The molecule has 3 saturated carbocycles. The zero-order valence-corrected chi connectivity index (χ0v) is 35.2. The van der Waals surface area contributed by atoms with Gasteiger partial charge in [-0.05, 0) is 104 Å². The number of unbranched alkanes of at least 4 members (excludes halogenated alkanes) is 19. The van der Waals surface area contributed by atoms with E-state index in [-0.39, 0.29) is 0 Å². The molecule has 1 nitrogen and oxygen atoms in total. The van der Waals surface area contributed by atoms with E-state index in [4.69, 9.17) is 4.74 Å². The second-order valence-corrected chi connectivity index (χ2v) is 19.7. The summed E-state index contributed by atoms with van der Waals surface area (Å²) in [7, 11) is 0. The van der Waals surface area contributed by atoms with Crippen LogP contribution in [-0.4, -0.2) is 12.7 Å². The van der Waals surface area contributed by atoms with Crippen LogP contribution >= 0.6 is 0 Å². The highest BCUT2D eigenvalue weighted by molar-refractivity contribution is 5.25.